The zero-order valence-corrected chi connectivity index (χ0v) is 13.4. The highest BCUT2D eigenvalue weighted by molar-refractivity contribution is 5.84. The lowest BCUT2D eigenvalue weighted by atomic mass is 9.78. The van der Waals surface area contributed by atoms with Crippen LogP contribution in [0, 0.1) is 12.8 Å². The molecular weight excluding hydrogens is 330 g/mol. The molecule has 24 heavy (non-hydrogen) atoms. The number of aryl methyl sites for hydroxylation is 1. The van der Waals surface area contributed by atoms with Crippen molar-refractivity contribution in [3.63, 3.8) is 0 Å². The van der Waals surface area contributed by atoms with Gasteiger partial charge in [-0.3, -0.25) is 10.00 Å². The summed E-state index contributed by atoms with van der Waals surface area (Å²) in [6.45, 7) is 1.63. The minimum absolute atomic E-state index is 0.0694. The Morgan fingerprint density at radius 1 is 1.25 bits per heavy atom. The number of nitrogens with one attached hydrogen (secondary N) is 1. The van der Waals surface area contributed by atoms with Crippen LogP contribution in [0.2, 0.25) is 0 Å². The van der Waals surface area contributed by atoms with Crippen molar-refractivity contribution >= 4 is 11.9 Å². The molecule has 0 aromatic carbocycles. The number of amides is 1. The number of rotatable bonds is 4. The normalized spacial score (nSPS) is 22.6. The van der Waals surface area contributed by atoms with Gasteiger partial charge in [0.2, 0.25) is 11.8 Å². The van der Waals surface area contributed by atoms with Crippen LogP contribution in [0.3, 0.4) is 0 Å². The first-order valence-corrected chi connectivity index (χ1v) is 7.79. The maximum atomic E-state index is 13.0. The molecule has 2 fully saturated rings. The van der Waals surface area contributed by atoms with Crippen molar-refractivity contribution in [1.29, 1.82) is 0 Å². The molecule has 9 heteroatoms. The largest absolute Gasteiger partial charge is 0.449 e. The first kappa shape index (κ1) is 17.0. The van der Waals surface area contributed by atoms with Crippen molar-refractivity contribution in [3.05, 3.63) is 11.3 Å². The van der Waals surface area contributed by atoms with E-state index >= 15 is 0 Å². The van der Waals surface area contributed by atoms with Gasteiger partial charge in [-0.1, -0.05) is 0 Å². The van der Waals surface area contributed by atoms with Gasteiger partial charge in [-0.25, -0.2) is 22.4 Å². The third-order valence-electron chi connectivity index (χ3n) is 4.64. The van der Waals surface area contributed by atoms with Gasteiger partial charge in [0, 0.05) is 50.1 Å². The van der Waals surface area contributed by atoms with Crippen molar-refractivity contribution < 1.29 is 27.1 Å². The standard InChI is InChI=1S/C15H19F4N3O2/c1-8-11(10-5-15(18,19)6-10)21-22(2)12(8)20-13(23)24-7-9-3-14(16,17)4-9/h9-10H,3-7H2,1-2H3,(H,20,23). The van der Waals surface area contributed by atoms with Gasteiger partial charge in [0.05, 0.1) is 12.3 Å². The lowest BCUT2D eigenvalue weighted by molar-refractivity contribution is -0.121. The highest BCUT2D eigenvalue weighted by Crippen LogP contribution is 2.49. The molecule has 0 saturated heterocycles. The zero-order valence-electron chi connectivity index (χ0n) is 13.4. The number of ether oxygens (including phenoxy) is 1. The van der Waals surface area contributed by atoms with Crippen molar-refractivity contribution in [2.45, 2.75) is 50.4 Å². The van der Waals surface area contributed by atoms with Gasteiger partial charge >= 0.3 is 6.09 Å². The third kappa shape index (κ3) is 3.34. The second-order valence-corrected chi connectivity index (χ2v) is 6.80. The average molecular weight is 349 g/mol. The number of nitrogens with zero attached hydrogens (tertiary/aromatic N) is 2. The monoisotopic (exact) mass is 349 g/mol. The van der Waals surface area contributed by atoms with Crippen LogP contribution >= 0.6 is 0 Å². The Bertz CT molecular complexity index is 643. The number of carbonyl (C=O) groups is 1. The number of aromatic nitrogens is 2. The summed E-state index contributed by atoms with van der Waals surface area (Å²) >= 11 is 0. The molecule has 1 aromatic heterocycles. The summed E-state index contributed by atoms with van der Waals surface area (Å²) in [5, 5.41) is 6.72. The van der Waals surface area contributed by atoms with Crippen LogP contribution in [0.25, 0.3) is 0 Å². The van der Waals surface area contributed by atoms with Crippen molar-refractivity contribution in [2.75, 3.05) is 11.9 Å². The Kier molecular flexibility index (Phi) is 4.00. The quantitative estimate of drug-likeness (QED) is 0.841. The number of hydrogen-bond donors (Lipinski definition) is 1. The Balaban J connectivity index is 1.55. The molecule has 0 aliphatic heterocycles. The lowest BCUT2D eigenvalue weighted by Crippen LogP contribution is -2.38. The van der Waals surface area contributed by atoms with Crippen LogP contribution in [0.15, 0.2) is 0 Å². The van der Waals surface area contributed by atoms with Gasteiger partial charge in [0.1, 0.15) is 5.82 Å². The molecule has 0 bridgehead atoms. The molecule has 1 aromatic rings. The molecule has 1 N–H and O–H groups in total. The van der Waals surface area contributed by atoms with E-state index in [0.29, 0.717) is 17.1 Å². The fourth-order valence-electron chi connectivity index (χ4n) is 3.30. The van der Waals surface area contributed by atoms with Gasteiger partial charge in [-0.05, 0) is 6.92 Å². The molecule has 1 amide bonds. The van der Waals surface area contributed by atoms with Crippen molar-refractivity contribution in [3.8, 4) is 0 Å². The van der Waals surface area contributed by atoms with E-state index < -0.39 is 17.9 Å². The van der Waals surface area contributed by atoms with Gasteiger partial charge in [-0.15, -0.1) is 0 Å². The Hall–Kier alpha value is -1.80. The first-order valence-electron chi connectivity index (χ1n) is 7.79. The average Bonchev–Trinajstić information content (AvgIpc) is 2.68. The molecule has 0 unspecified atom stereocenters. The summed E-state index contributed by atoms with van der Waals surface area (Å²) in [6, 6.07) is 0. The van der Waals surface area contributed by atoms with Gasteiger partial charge in [-0.2, -0.15) is 5.10 Å². The van der Waals surface area contributed by atoms with Crippen LogP contribution in [0.5, 0.6) is 0 Å². The third-order valence-corrected chi connectivity index (χ3v) is 4.64. The van der Waals surface area contributed by atoms with Gasteiger partial charge in [0.25, 0.3) is 0 Å². The first-order chi connectivity index (χ1) is 11.1. The van der Waals surface area contributed by atoms with E-state index in [1.54, 1.807) is 14.0 Å². The number of halogens is 4. The molecule has 3 rings (SSSR count). The van der Waals surface area contributed by atoms with Crippen LogP contribution < -0.4 is 5.32 Å². The molecule has 0 radical (unpaired) electrons. The summed E-state index contributed by atoms with van der Waals surface area (Å²) in [5.74, 6) is -5.58. The second-order valence-electron chi connectivity index (χ2n) is 6.80. The molecule has 134 valence electrons. The zero-order chi connectivity index (χ0) is 17.7. The summed E-state index contributed by atoms with van der Waals surface area (Å²) in [7, 11) is 1.59. The fourth-order valence-corrected chi connectivity index (χ4v) is 3.30. The number of carbonyl (C=O) groups excluding carboxylic acids is 1. The second kappa shape index (κ2) is 5.63. The Morgan fingerprint density at radius 3 is 2.38 bits per heavy atom. The Morgan fingerprint density at radius 2 is 1.83 bits per heavy atom. The lowest BCUT2D eigenvalue weighted by Gasteiger charge is -2.34. The molecule has 0 spiro atoms. The molecule has 2 aliphatic carbocycles. The van der Waals surface area contributed by atoms with E-state index in [2.05, 4.69) is 10.4 Å². The Labute approximate surface area is 136 Å². The van der Waals surface area contributed by atoms with Crippen LogP contribution in [-0.4, -0.2) is 34.3 Å². The summed E-state index contributed by atoms with van der Waals surface area (Å²) in [5.41, 5.74) is 1.16. The van der Waals surface area contributed by atoms with Gasteiger partial charge in [0.15, 0.2) is 0 Å². The highest BCUT2D eigenvalue weighted by Gasteiger charge is 2.48. The maximum absolute atomic E-state index is 13.0. The number of hydrogen-bond acceptors (Lipinski definition) is 3. The van der Waals surface area contributed by atoms with Crippen molar-refractivity contribution in [1.82, 2.24) is 9.78 Å². The predicted molar refractivity (Wildman–Crippen MR) is 77.5 cm³/mol. The molecule has 1 heterocycles. The van der Waals surface area contributed by atoms with E-state index in [0.717, 1.165) is 0 Å². The van der Waals surface area contributed by atoms with Crippen LogP contribution in [0.1, 0.15) is 42.9 Å². The van der Waals surface area contributed by atoms with E-state index in [1.807, 2.05) is 0 Å². The van der Waals surface area contributed by atoms with Gasteiger partial charge < -0.3 is 4.74 Å². The highest BCUT2D eigenvalue weighted by atomic mass is 19.3. The molecule has 0 atom stereocenters. The molecule has 2 saturated carbocycles. The van der Waals surface area contributed by atoms with E-state index in [9.17, 15) is 22.4 Å². The number of alkyl halides is 4. The van der Waals surface area contributed by atoms with Crippen molar-refractivity contribution in [2.24, 2.45) is 13.0 Å². The molecular formula is C15H19F4N3O2. The predicted octanol–water partition coefficient (Wildman–Crippen LogP) is 3.84. The van der Waals surface area contributed by atoms with E-state index in [1.165, 1.54) is 4.68 Å². The number of anilines is 1. The molecule has 5 nitrogen and oxygen atoms in total. The minimum Gasteiger partial charge on any atom is -0.449 e. The SMILES string of the molecule is Cc1c(C2CC(F)(F)C2)nn(C)c1NC(=O)OCC1CC(F)(F)C1. The topological polar surface area (TPSA) is 56.2 Å². The fraction of sp³-hybridized carbons (Fsp3) is 0.733. The summed E-state index contributed by atoms with van der Waals surface area (Å²) in [4.78, 5) is 11.8. The van der Waals surface area contributed by atoms with Crippen LogP contribution in [-0.2, 0) is 11.8 Å². The summed E-state index contributed by atoms with van der Waals surface area (Å²) < 4.78 is 57.8. The maximum Gasteiger partial charge on any atom is 0.412 e. The van der Waals surface area contributed by atoms with E-state index in [-0.39, 0.29) is 44.1 Å². The smallest absolute Gasteiger partial charge is 0.412 e. The van der Waals surface area contributed by atoms with E-state index in [4.69, 9.17) is 4.74 Å². The molecule has 2 aliphatic rings. The van der Waals surface area contributed by atoms with Crippen LogP contribution in [0.4, 0.5) is 28.2 Å². The summed E-state index contributed by atoms with van der Waals surface area (Å²) in [6.07, 6.45) is -1.80. The minimum atomic E-state index is -2.65.